The number of aliphatic hydroxyl groups is 1. The van der Waals surface area contributed by atoms with E-state index in [2.05, 4.69) is 10.6 Å². The molecular formula is C28H44ClF2N3O2. The number of rotatable bonds is 11. The van der Waals surface area contributed by atoms with E-state index in [1.165, 1.54) is 32.1 Å². The highest BCUT2D eigenvalue weighted by Gasteiger charge is 2.42. The molecular weight excluding hydrogens is 484 g/mol. The fourth-order valence-corrected chi connectivity index (χ4v) is 6.28. The van der Waals surface area contributed by atoms with Gasteiger partial charge in [-0.3, -0.25) is 0 Å². The third-order valence-corrected chi connectivity index (χ3v) is 8.24. The van der Waals surface area contributed by atoms with Crippen LogP contribution in [0.2, 0.25) is 5.02 Å². The van der Waals surface area contributed by atoms with Crippen LogP contribution in [0.15, 0.2) is 24.3 Å². The monoisotopic (exact) mass is 527 g/mol. The summed E-state index contributed by atoms with van der Waals surface area (Å²) in [7, 11) is 1.90. The molecule has 8 heteroatoms. The number of hydrogen-bond donors (Lipinski definition) is 3. The molecule has 0 bridgehead atoms. The number of halogens is 3. The zero-order chi connectivity index (χ0) is 26.2. The average molecular weight is 528 g/mol. The topological polar surface area (TPSA) is 64.6 Å². The SMILES string of the molecule is CNC[C@H](CC1CCCCC1)NC(=O)N1CCC[C@@H]([C@@](O)(CCCC(C)(F)F)c2cccc(Cl)c2)C1. The van der Waals surface area contributed by atoms with Crippen molar-refractivity contribution in [3.63, 3.8) is 0 Å². The number of piperidine rings is 1. The minimum Gasteiger partial charge on any atom is -0.385 e. The van der Waals surface area contributed by atoms with Crippen LogP contribution in [0.4, 0.5) is 13.6 Å². The fourth-order valence-electron chi connectivity index (χ4n) is 6.09. The van der Waals surface area contributed by atoms with Crippen LogP contribution in [0, 0.1) is 11.8 Å². The standard InChI is InChI=1S/C28H44ClF2N3O2/c1-27(30,31)14-8-15-28(36,22-11-6-13-24(29)18-22)23-12-7-16-34(20-23)26(35)33-25(19-32-2)17-21-9-4-3-5-10-21/h6,11,13,18,21,23,25,32,36H,3-5,7-10,12,14-17,19-20H2,1-2H3,(H,33,35)/t23-,25+,28-/m1/s1. The largest absolute Gasteiger partial charge is 0.385 e. The number of benzene rings is 1. The van der Waals surface area contributed by atoms with Crippen molar-refractivity contribution in [2.45, 2.75) is 95.1 Å². The van der Waals surface area contributed by atoms with Crippen molar-refractivity contribution < 1.29 is 18.7 Å². The number of carbonyl (C=O) groups is 1. The molecule has 1 saturated carbocycles. The van der Waals surface area contributed by atoms with Gasteiger partial charge in [0.05, 0.1) is 5.60 Å². The van der Waals surface area contributed by atoms with Crippen LogP contribution in [-0.4, -0.2) is 54.7 Å². The predicted octanol–water partition coefficient (Wildman–Crippen LogP) is 6.33. The highest BCUT2D eigenvalue weighted by atomic mass is 35.5. The van der Waals surface area contributed by atoms with Crippen LogP contribution in [0.1, 0.15) is 83.1 Å². The first-order valence-electron chi connectivity index (χ1n) is 13.7. The first-order chi connectivity index (χ1) is 17.1. The number of likely N-dealkylation sites (tertiary alicyclic amines) is 1. The Hall–Kier alpha value is -1.44. The highest BCUT2D eigenvalue weighted by Crippen LogP contribution is 2.41. The van der Waals surface area contributed by atoms with Crippen molar-refractivity contribution >= 4 is 17.6 Å². The number of nitrogens with one attached hydrogen (secondary N) is 2. The number of urea groups is 1. The summed E-state index contributed by atoms with van der Waals surface area (Å²) in [5, 5.41) is 18.9. The summed E-state index contributed by atoms with van der Waals surface area (Å²) in [6.45, 7) is 2.63. The summed E-state index contributed by atoms with van der Waals surface area (Å²) in [6.07, 6.45) is 8.83. The van der Waals surface area contributed by atoms with E-state index in [9.17, 15) is 18.7 Å². The first-order valence-corrected chi connectivity index (χ1v) is 14.0. The molecule has 204 valence electrons. The second kappa shape index (κ2) is 13.4. The highest BCUT2D eigenvalue weighted by molar-refractivity contribution is 6.30. The summed E-state index contributed by atoms with van der Waals surface area (Å²) in [6, 6.07) is 6.99. The Morgan fingerprint density at radius 3 is 2.61 bits per heavy atom. The van der Waals surface area contributed by atoms with Gasteiger partial charge in [0.25, 0.3) is 0 Å². The summed E-state index contributed by atoms with van der Waals surface area (Å²) in [5.41, 5.74) is -0.700. The Morgan fingerprint density at radius 2 is 1.94 bits per heavy atom. The molecule has 1 aliphatic carbocycles. The van der Waals surface area contributed by atoms with Gasteiger partial charge in [-0.25, -0.2) is 13.6 Å². The summed E-state index contributed by atoms with van der Waals surface area (Å²) in [4.78, 5) is 15.1. The van der Waals surface area contributed by atoms with Crippen molar-refractivity contribution in [3.05, 3.63) is 34.9 Å². The van der Waals surface area contributed by atoms with Crippen LogP contribution in [0.5, 0.6) is 0 Å². The van der Waals surface area contributed by atoms with Gasteiger partial charge in [0.2, 0.25) is 5.92 Å². The van der Waals surface area contributed by atoms with Gasteiger partial charge in [0.15, 0.2) is 0 Å². The summed E-state index contributed by atoms with van der Waals surface area (Å²) >= 11 is 6.23. The first kappa shape index (κ1) is 29.1. The Kier molecular flexibility index (Phi) is 10.8. The second-order valence-corrected chi connectivity index (χ2v) is 11.5. The molecule has 0 spiro atoms. The quantitative estimate of drug-likeness (QED) is 0.315. The summed E-state index contributed by atoms with van der Waals surface area (Å²) in [5.74, 6) is -2.40. The average Bonchev–Trinajstić information content (AvgIpc) is 2.84. The van der Waals surface area contributed by atoms with Gasteiger partial charge in [0.1, 0.15) is 0 Å². The lowest BCUT2D eigenvalue weighted by Gasteiger charge is -2.43. The van der Waals surface area contributed by atoms with E-state index in [0.29, 0.717) is 29.6 Å². The molecule has 0 radical (unpaired) electrons. The normalized spacial score (nSPS) is 22.2. The van der Waals surface area contributed by atoms with Gasteiger partial charge in [-0.1, -0.05) is 55.8 Å². The van der Waals surface area contributed by atoms with Crippen LogP contribution < -0.4 is 10.6 Å². The number of likely N-dealkylation sites (N-methyl/N-ethyl adjacent to an activating group) is 1. The Labute approximate surface area is 220 Å². The summed E-state index contributed by atoms with van der Waals surface area (Å²) < 4.78 is 27.1. The van der Waals surface area contributed by atoms with Crippen molar-refractivity contribution in [1.29, 1.82) is 0 Å². The Balaban J connectivity index is 1.70. The molecule has 1 heterocycles. The molecule has 1 saturated heterocycles. The number of alkyl halides is 2. The van der Waals surface area contributed by atoms with Gasteiger partial charge in [-0.2, -0.15) is 0 Å². The molecule has 2 fully saturated rings. The van der Waals surface area contributed by atoms with Gasteiger partial charge in [-0.05, 0) is 69.7 Å². The van der Waals surface area contributed by atoms with Crippen LogP contribution in [0.3, 0.4) is 0 Å². The molecule has 3 N–H and O–H groups in total. The van der Waals surface area contributed by atoms with Crippen LogP contribution in [0.25, 0.3) is 0 Å². The van der Waals surface area contributed by atoms with Crippen LogP contribution in [-0.2, 0) is 5.60 Å². The molecule has 1 aromatic rings. The molecule has 0 aromatic heterocycles. The molecule has 0 unspecified atom stereocenters. The molecule has 1 aromatic carbocycles. The van der Waals surface area contributed by atoms with Crippen molar-refractivity contribution in [3.8, 4) is 0 Å². The van der Waals surface area contributed by atoms with Crippen molar-refractivity contribution in [1.82, 2.24) is 15.5 Å². The molecule has 36 heavy (non-hydrogen) atoms. The molecule has 3 rings (SSSR count). The molecule has 1 aliphatic heterocycles. The minimum absolute atomic E-state index is 0.0598. The van der Waals surface area contributed by atoms with Crippen molar-refractivity contribution in [2.75, 3.05) is 26.7 Å². The van der Waals surface area contributed by atoms with Gasteiger partial charge >= 0.3 is 6.03 Å². The predicted molar refractivity (Wildman–Crippen MR) is 142 cm³/mol. The molecule has 2 amide bonds. The second-order valence-electron chi connectivity index (χ2n) is 11.1. The van der Waals surface area contributed by atoms with Crippen molar-refractivity contribution in [2.24, 2.45) is 11.8 Å². The van der Waals surface area contributed by atoms with Gasteiger partial charge in [0, 0.05) is 43.0 Å². The Morgan fingerprint density at radius 1 is 1.19 bits per heavy atom. The lowest BCUT2D eigenvalue weighted by atomic mass is 9.74. The third-order valence-electron chi connectivity index (χ3n) is 8.00. The maximum atomic E-state index is 13.6. The number of carbonyl (C=O) groups excluding carboxylic acids is 1. The molecule has 2 aliphatic rings. The van der Waals surface area contributed by atoms with E-state index in [1.54, 1.807) is 23.1 Å². The van der Waals surface area contributed by atoms with E-state index in [1.807, 2.05) is 13.1 Å². The van der Waals surface area contributed by atoms with Crippen LogP contribution >= 0.6 is 11.6 Å². The van der Waals surface area contributed by atoms with E-state index < -0.39 is 11.5 Å². The maximum absolute atomic E-state index is 13.6. The maximum Gasteiger partial charge on any atom is 0.317 e. The minimum atomic E-state index is -2.78. The van der Waals surface area contributed by atoms with Gasteiger partial charge < -0.3 is 20.6 Å². The zero-order valence-corrected chi connectivity index (χ0v) is 22.6. The fraction of sp³-hybridized carbons (Fsp3) is 0.750. The van der Waals surface area contributed by atoms with E-state index in [-0.39, 0.29) is 37.3 Å². The smallest absolute Gasteiger partial charge is 0.317 e. The number of hydrogen-bond acceptors (Lipinski definition) is 3. The lowest BCUT2D eigenvalue weighted by Crippen LogP contribution is -2.54. The Bertz CT molecular complexity index is 831. The molecule has 5 nitrogen and oxygen atoms in total. The van der Waals surface area contributed by atoms with E-state index >= 15 is 0 Å². The zero-order valence-electron chi connectivity index (χ0n) is 21.9. The third kappa shape index (κ3) is 8.56. The number of amides is 2. The number of nitrogens with zero attached hydrogens (tertiary/aromatic N) is 1. The van der Waals surface area contributed by atoms with E-state index in [4.69, 9.17) is 11.6 Å². The lowest BCUT2D eigenvalue weighted by molar-refractivity contribution is -0.0628. The molecule has 3 atom stereocenters. The van der Waals surface area contributed by atoms with Gasteiger partial charge in [-0.15, -0.1) is 0 Å². The van der Waals surface area contributed by atoms with E-state index in [0.717, 1.165) is 32.7 Å².